The fourth-order valence-corrected chi connectivity index (χ4v) is 2.06. The van der Waals surface area contributed by atoms with Crippen LogP contribution in [0, 0.1) is 6.92 Å². The molecule has 0 atom stereocenters. The SMILES string of the molecule is COc1ccc(Cc2nc3nc(C)ccc3[nH]2)cc1. The summed E-state index contributed by atoms with van der Waals surface area (Å²) in [6.07, 6.45) is 0.763. The summed E-state index contributed by atoms with van der Waals surface area (Å²) >= 11 is 0. The van der Waals surface area contributed by atoms with Crippen LogP contribution in [0.4, 0.5) is 0 Å². The van der Waals surface area contributed by atoms with Gasteiger partial charge in [0.25, 0.3) is 0 Å². The van der Waals surface area contributed by atoms with E-state index >= 15 is 0 Å². The fourth-order valence-electron chi connectivity index (χ4n) is 2.06. The molecule has 1 N–H and O–H groups in total. The number of hydrogen-bond acceptors (Lipinski definition) is 3. The predicted molar refractivity (Wildman–Crippen MR) is 74.4 cm³/mol. The Morgan fingerprint density at radius 2 is 1.84 bits per heavy atom. The number of benzene rings is 1. The molecule has 0 aliphatic carbocycles. The lowest BCUT2D eigenvalue weighted by Crippen LogP contribution is -1.91. The molecule has 0 radical (unpaired) electrons. The Hall–Kier alpha value is -2.36. The maximum Gasteiger partial charge on any atom is 0.177 e. The molecule has 4 heteroatoms. The van der Waals surface area contributed by atoms with E-state index in [2.05, 4.69) is 15.0 Å². The zero-order chi connectivity index (χ0) is 13.2. The number of aromatic nitrogens is 3. The van der Waals surface area contributed by atoms with Crippen molar-refractivity contribution in [3.8, 4) is 5.75 Å². The molecule has 4 nitrogen and oxygen atoms in total. The van der Waals surface area contributed by atoms with Gasteiger partial charge in [0.05, 0.1) is 12.6 Å². The second-order valence-electron chi connectivity index (χ2n) is 4.53. The number of hydrogen-bond donors (Lipinski definition) is 1. The molecule has 0 amide bonds. The number of pyridine rings is 1. The molecular weight excluding hydrogens is 238 g/mol. The van der Waals surface area contributed by atoms with Crippen LogP contribution in [0.15, 0.2) is 36.4 Å². The number of nitrogens with one attached hydrogen (secondary N) is 1. The fraction of sp³-hybridized carbons (Fsp3) is 0.200. The molecule has 0 bridgehead atoms. The number of H-pyrrole nitrogens is 1. The number of aryl methyl sites for hydroxylation is 1. The maximum absolute atomic E-state index is 5.15. The van der Waals surface area contributed by atoms with E-state index in [-0.39, 0.29) is 0 Å². The van der Waals surface area contributed by atoms with Gasteiger partial charge in [-0.1, -0.05) is 12.1 Å². The van der Waals surface area contributed by atoms with Crippen molar-refractivity contribution in [2.45, 2.75) is 13.3 Å². The van der Waals surface area contributed by atoms with E-state index in [1.165, 1.54) is 5.56 Å². The highest BCUT2D eigenvalue weighted by Gasteiger charge is 2.05. The second-order valence-corrected chi connectivity index (χ2v) is 4.53. The number of aromatic amines is 1. The highest BCUT2D eigenvalue weighted by atomic mass is 16.5. The molecule has 1 aromatic carbocycles. The normalized spacial score (nSPS) is 10.8. The van der Waals surface area contributed by atoms with E-state index in [0.29, 0.717) is 0 Å². The average molecular weight is 253 g/mol. The zero-order valence-electron chi connectivity index (χ0n) is 11.0. The number of nitrogens with zero attached hydrogens (tertiary/aromatic N) is 2. The van der Waals surface area contributed by atoms with Gasteiger partial charge in [-0.3, -0.25) is 0 Å². The Balaban J connectivity index is 1.87. The molecular formula is C15H15N3O. The Morgan fingerprint density at radius 1 is 1.05 bits per heavy atom. The minimum absolute atomic E-state index is 0.763. The van der Waals surface area contributed by atoms with Crippen LogP contribution in [0.2, 0.25) is 0 Å². The molecule has 0 saturated heterocycles. The monoisotopic (exact) mass is 253 g/mol. The van der Waals surface area contributed by atoms with E-state index in [1.54, 1.807) is 7.11 Å². The standard InChI is InChI=1S/C15H15N3O/c1-10-3-8-13-15(16-10)18-14(17-13)9-11-4-6-12(19-2)7-5-11/h3-8H,9H2,1-2H3,(H,16,17,18). The van der Waals surface area contributed by atoms with Crippen LogP contribution in [0.3, 0.4) is 0 Å². The Labute approximate surface area is 111 Å². The summed E-state index contributed by atoms with van der Waals surface area (Å²) in [6.45, 7) is 1.97. The minimum atomic E-state index is 0.763. The molecule has 0 spiro atoms. The van der Waals surface area contributed by atoms with E-state index in [1.807, 2.05) is 43.3 Å². The lowest BCUT2D eigenvalue weighted by Gasteiger charge is -2.01. The van der Waals surface area contributed by atoms with Gasteiger partial charge in [-0.25, -0.2) is 9.97 Å². The van der Waals surface area contributed by atoms with Gasteiger partial charge >= 0.3 is 0 Å². The molecule has 3 rings (SSSR count). The highest BCUT2D eigenvalue weighted by Crippen LogP contribution is 2.15. The summed E-state index contributed by atoms with van der Waals surface area (Å²) in [5.41, 5.74) is 3.93. The van der Waals surface area contributed by atoms with E-state index in [0.717, 1.165) is 34.9 Å². The third-order valence-electron chi connectivity index (χ3n) is 3.06. The van der Waals surface area contributed by atoms with Crippen molar-refractivity contribution in [2.75, 3.05) is 7.11 Å². The largest absolute Gasteiger partial charge is 0.497 e. The summed E-state index contributed by atoms with van der Waals surface area (Å²) in [5.74, 6) is 1.80. The van der Waals surface area contributed by atoms with Gasteiger partial charge in [0.15, 0.2) is 5.65 Å². The van der Waals surface area contributed by atoms with Gasteiger partial charge in [0, 0.05) is 12.1 Å². The summed E-state index contributed by atoms with van der Waals surface area (Å²) in [5, 5.41) is 0. The van der Waals surface area contributed by atoms with Gasteiger partial charge in [0.1, 0.15) is 11.6 Å². The molecule has 3 aromatic rings. The zero-order valence-corrected chi connectivity index (χ0v) is 11.0. The molecule has 96 valence electrons. The quantitative estimate of drug-likeness (QED) is 0.780. The van der Waals surface area contributed by atoms with Crippen molar-refractivity contribution >= 4 is 11.2 Å². The number of rotatable bonds is 3. The average Bonchev–Trinajstić information content (AvgIpc) is 2.81. The Morgan fingerprint density at radius 3 is 2.58 bits per heavy atom. The van der Waals surface area contributed by atoms with E-state index in [4.69, 9.17) is 4.74 Å². The van der Waals surface area contributed by atoms with Gasteiger partial charge in [-0.15, -0.1) is 0 Å². The smallest absolute Gasteiger partial charge is 0.177 e. The maximum atomic E-state index is 5.15. The molecule has 0 saturated carbocycles. The van der Waals surface area contributed by atoms with Crippen LogP contribution >= 0.6 is 0 Å². The van der Waals surface area contributed by atoms with Crippen molar-refractivity contribution in [2.24, 2.45) is 0 Å². The van der Waals surface area contributed by atoms with Crippen molar-refractivity contribution in [1.29, 1.82) is 0 Å². The van der Waals surface area contributed by atoms with Crippen molar-refractivity contribution in [3.05, 3.63) is 53.5 Å². The van der Waals surface area contributed by atoms with Crippen LogP contribution in [0.25, 0.3) is 11.2 Å². The van der Waals surface area contributed by atoms with Crippen LogP contribution in [-0.4, -0.2) is 22.1 Å². The molecule has 0 fully saturated rings. The van der Waals surface area contributed by atoms with Crippen LogP contribution in [0.1, 0.15) is 17.1 Å². The third-order valence-corrected chi connectivity index (χ3v) is 3.06. The molecule has 2 aromatic heterocycles. The van der Waals surface area contributed by atoms with Crippen LogP contribution in [-0.2, 0) is 6.42 Å². The first-order valence-electron chi connectivity index (χ1n) is 6.20. The van der Waals surface area contributed by atoms with Crippen molar-refractivity contribution < 1.29 is 4.74 Å². The van der Waals surface area contributed by atoms with Crippen molar-refractivity contribution in [1.82, 2.24) is 15.0 Å². The summed E-state index contributed by atoms with van der Waals surface area (Å²) in [7, 11) is 1.67. The molecule has 0 unspecified atom stereocenters. The van der Waals surface area contributed by atoms with E-state index < -0.39 is 0 Å². The Kier molecular flexibility index (Phi) is 2.91. The van der Waals surface area contributed by atoms with Crippen molar-refractivity contribution in [3.63, 3.8) is 0 Å². The molecule has 0 aliphatic rings. The first-order valence-corrected chi connectivity index (χ1v) is 6.20. The number of ether oxygens (including phenoxy) is 1. The van der Waals surface area contributed by atoms with Crippen LogP contribution < -0.4 is 4.74 Å². The van der Waals surface area contributed by atoms with Gasteiger partial charge in [-0.2, -0.15) is 0 Å². The molecule has 2 heterocycles. The lowest BCUT2D eigenvalue weighted by atomic mass is 10.1. The summed E-state index contributed by atoms with van der Waals surface area (Å²) in [4.78, 5) is 12.2. The predicted octanol–water partition coefficient (Wildman–Crippen LogP) is 2.87. The summed E-state index contributed by atoms with van der Waals surface area (Å²) < 4.78 is 5.15. The van der Waals surface area contributed by atoms with Gasteiger partial charge in [0.2, 0.25) is 0 Å². The second kappa shape index (κ2) is 4.72. The first kappa shape index (κ1) is 11.7. The number of imidazole rings is 1. The van der Waals surface area contributed by atoms with E-state index in [9.17, 15) is 0 Å². The van der Waals surface area contributed by atoms with Gasteiger partial charge in [-0.05, 0) is 36.8 Å². The number of fused-ring (bicyclic) bond motifs is 1. The molecule has 0 aliphatic heterocycles. The Bertz CT molecular complexity index is 701. The summed E-state index contributed by atoms with van der Waals surface area (Å²) in [6, 6.07) is 12.0. The lowest BCUT2D eigenvalue weighted by molar-refractivity contribution is 0.414. The van der Waals surface area contributed by atoms with Crippen LogP contribution in [0.5, 0.6) is 5.75 Å². The third kappa shape index (κ3) is 2.42. The highest BCUT2D eigenvalue weighted by molar-refractivity contribution is 5.70. The first-order chi connectivity index (χ1) is 9.24. The minimum Gasteiger partial charge on any atom is -0.497 e. The number of methoxy groups -OCH3 is 1. The van der Waals surface area contributed by atoms with Gasteiger partial charge < -0.3 is 9.72 Å². The molecule has 19 heavy (non-hydrogen) atoms. The topological polar surface area (TPSA) is 50.8 Å².